The number of aliphatic hydroxyl groups is 1. The predicted molar refractivity (Wildman–Crippen MR) is 64.7 cm³/mol. The smallest absolute Gasteiger partial charge is 0.154 e. The van der Waals surface area contributed by atoms with Crippen molar-refractivity contribution in [2.75, 3.05) is 11.5 Å². The zero-order valence-electron chi connectivity index (χ0n) is 9.97. The normalized spacial score (nSPS) is 23.8. The van der Waals surface area contributed by atoms with Crippen molar-refractivity contribution in [3.05, 3.63) is 29.6 Å². The average molecular weight is 274 g/mol. The molecule has 1 saturated heterocycles. The monoisotopic (exact) mass is 274 g/mol. The zero-order valence-corrected chi connectivity index (χ0v) is 10.8. The van der Waals surface area contributed by atoms with Crippen LogP contribution in [0, 0.1) is 5.82 Å². The second-order valence-electron chi connectivity index (χ2n) is 4.50. The highest BCUT2D eigenvalue weighted by molar-refractivity contribution is 7.91. The van der Waals surface area contributed by atoms with Gasteiger partial charge in [-0.2, -0.15) is 0 Å². The first-order valence-electron chi connectivity index (χ1n) is 5.72. The van der Waals surface area contributed by atoms with Gasteiger partial charge >= 0.3 is 0 Å². The SMILES string of the molecule is C[C@@H](O)c1ccc(F)cc1OC1CCS(=O)(=O)C1. The summed E-state index contributed by atoms with van der Waals surface area (Å²) in [7, 11) is -3.04. The van der Waals surface area contributed by atoms with Crippen molar-refractivity contribution < 1.29 is 22.7 Å². The third-order valence-corrected chi connectivity index (χ3v) is 4.65. The van der Waals surface area contributed by atoms with E-state index >= 15 is 0 Å². The molecular formula is C12H15FO4S. The van der Waals surface area contributed by atoms with E-state index in [1.54, 1.807) is 6.92 Å². The molecule has 1 aliphatic rings. The van der Waals surface area contributed by atoms with E-state index in [2.05, 4.69) is 0 Å². The van der Waals surface area contributed by atoms with Crippen LogP contribution in [0.4, 0.5) is 4.39 Å². The second kappa shape index (κ2) is 4.85. The van der Waals surface area contributed by atoms with Crippen LogP contribution in [-0.2, 0) is 9.84 Å². The van der Waals surface area contributed by atoms with Gasteiger partial charge < -0.3 is 9.84 Å². The van der Waals surface area contributed by atoms with Crippen LogP contribution in [0.25, 0.3) is 0 Å². The van der Waals surface area contributed by atoms with Gasteiger partial charge in [0.05, 0.1) is 17.6 Å². The number of sulfone groups is 1. The van der Waals surface area contributed by atoms with Crippen LogP contribution in [0.2, 0.25) is 0 Å². The van der Waals surface area contributed by atoms with Gasteiger partial charge in [0, 0.05) is 11.6 Å². The fraction of sp³-hybridized carbons (Fsp3) is 0.500. The molecule has 1 aliphatic heterocycles. The number of halogens is 1. The van der Waals surface area contributed by atoms with Gasteiger partial charge in [-0.25, -0.2) is 12.8 Å². The highest BCUT2D eigenvalue weighted by Crippen LogP contribution is 2.28. The third-order valence-electron chi connectivity index (χ3n) is 2.91. The summed E-state index contributed by atoms with van der Waals surface area (Å²) in [5, 5.41) is 9.55. The number of ether oxygens (including phenoxy) is 1. The molecule has 6 heteroatoms. The molecule has 1 unspecified atom stereocenters. The molecule has 1 aromatic rings. The summed E-state index contributed by atoms with van der Waals surface area (Å²) in [4.78, 5) is 0. The third kappa shape index (κ3) is 3.00. The van der Waals surface area contributed by atoms with Gasteiger partial charge in [0.15, 0.2) is 9.84 Å². The minimum Gasteiger partial charge on any atom is -0.489 e. The Labute approximate surface area is 105 Å². The van der Waals surface area contributed by atoms with Gasteiger partial charge in [-0.3, -0.25) is 0 Å². The minimum atomic E-state index is -3.04. The molecule has 0 amide bonds. The van der Waals surface area contributed by atoms with Gasteiger partial charge in [-0.05, 0) is 25.5 Å². The molecule has 0 aromatic heterocycles. The summed E-state index contributed by atoms with van der Waals surface area (Å²) in [5.74, 6) is -0.220. The summed E-state index contributed by atoms with van der Waals surface area (Å²) in [5.41, 5.74) is 0.459. The second-order valence-corrected chi connectivity index (χ2v) is 6.73. The van der Waals surface area contributed by atoms with E-state index in [0.717, 1.165) is 0 Å². The van der Waals surface area contributed by atoms with Crippen molar-refractivity contribution in [2.24, 2.45) is 0 Å². The maximum atomic E-state index is 13.2. The van der Waals surface area contributed by atoms with Crippen molar-refractivity contribution >= 4 is 9.84 Å². The van der Waals surface area contributed by atoms with Crippen LogP contribution in [0.1, 0.15) is 25.0 Å². The molecule has 1 heterocycles. The summed E-state index contributed by atoms with van der Waals surface area (Å²) in [6, 6.07) is 3.85. The van der Waals surface area contributed by atoms with E-state index in [-0.39, 0.29) is 17.3 Å². The maximum absolute atomic E-state index is 13.2. The van der Waals surface area contributed by atoms with Crippen molar-refractivity contribution in [3.8, 4) is 5.75 Å². The number of benzene rings is 1. The molecule has 100 valence electrons. The first-order chi connectivity index (χ1) is 8.37. The molecule has 0 saturated carbocycles. The number of hydrogen-bond donors (Lipinski definition) is 1. The first-order valence-corrected chi connectivity index (χ1v) is 7.54. The van der Waals surface area contributed by atoms with Crippen molar-refractivity contribution in [1.82, 2.24) is 0 Å². The number of aliphatic hydroxyl groups excluding tert-OH is 1. The zero-order chi connectivity index (χ0) is 13.3. The van der Waals surface area contributed by atoms with Crippen LogP contribution in [-0.4, -0.2) is 31.1 Å². The first kappa shape index (κ1) is 13.3. The van der Waals surface area contributed by atoms with E-state index in [4.69, 9.17) is 4.74 Å². The molecule has 0 bridgehead atoms. The van der Waals surface area contributed by atoms with Gasteiger partial charge in [-0.15, -0.1) is 0 Å². The Bertz CT molecular complexity index is 539. The van der Waals surface area contributed by atoms with E-state index in [9.17, 15) is 17.9 Å². The minimum absolute atomic E-state index is 0.0528. The fourth-order valence-electron chi connectivity index (χ4n) is 1.99. The summed E-state index contributed by atoms with van der Waals surface area (Å²) < 4.78 is 41.3. The average Bonchev–Trinajstić information content (AvgIpc) is 2.57. The lowest BCUT2D eigenvalue weighted by molar-refractivity contribution is 0.179. The summed E-state index contributed by atoms with van der Waals surface area (Å²) in [6.07, 6.45) is -0.856. The van der Waals surface area contributed by atoms with Crippen molar-refractivity contribution in [3.63, 3.8) is 0 Å². The standard InChI is InChI=1S/C12H15FO4S/c1-8(14)11-3-2-9(13)6-12(11)17-10-4-5-18(15,16)7-10/h2-3,6,8,10,14H,4-5,7H2,1H3/t8-,10?/m1/s1. The highest BCUT2D eigenvalue weighted by atomic mass is 32.2. The Morgan fingerprint density at radius 2 is 2.22 bits per heavy atom. The van der Waals surface area contributed by atoms with Crippen molar-refractivity contribution in [2.45, 2.75) is 25.6 Å². The van der Waals surface area contributed by atoms with Gasteiger partial charge in [0.25, 0.3) is 0 Å². The lowest BCUT2D eigenvalue weighted by Gasteiger charge is -2.17. The Kier molecular flexibility index (Phi) is 3.59. The summed E-state index contributed by atoms with van der Waals surface area (Å²) >= 11 is 0. The molecule has 4 nitrogen and oxygen atoms in total. The Hall–Kier alpha value is -1.14. The number of hydrogen-bond acceptors (Lipinski definition) is 4. The molecule has 18 heavy (non-hydrogen) atoms. The quantitative estimate of drug-likeness (QED) is 0.906. The summed E-state index contributed by atoms with van der Waals surface area (Å²) in [6.45, 7) is 1.55. The molecule has 0 aliphatic carbocycles. The fourth-order valence-corrected chi connectivity index (χ4v) is 3.58. The van der Waals surface area contributed by atoms with Crippen molar-refractivity contribution in [1.29, 1.82) is 0 Å². The lowest BCUT2D eigenvalue weighted by atomic mass is 10.1. The highest BCUT2D eigenvalue weighted by Gasteiger charge is 2.30. The molecule has 0 spiro atoms. The molecule has 2 rings (SSSR count). The van der Waals surface area contributed by atoms with Crippen LogP contribution in [0.5, 0.6) is 5.75 Å². The van der Waals surface area contributed by atoms with Crippen LogP contribution in [0.15, 0.2) is 18.2 Å². The molecular weight excluding hydrogens is 259 g/mol. The van der Waals surface area contributed by atoms with Gasteiger partial charge in [0.2, 0.25) is 0 Å². The lowest BCUT2D eigenvalue weighted by Crippen LogP contribution is -2.18. The van der Waals surface area contributed by atoms with Crippen LogP contribution in [0.3, 0.4) is 0 Å². The molecule has 1 fully saturated rings. The molecule has 0 radical (unpaired) electrons. The molecule has 1 N–H and O–H groups in total. The van der Waals surface area contributed by atoms with Gasteiger partial charge in [-0.1, -0.05) is 0 Å². The predicted octanol–water partition coefficient (Wildman–Crippen LogP) is 1.44. The van der Waals surface area contributed by atoms with Gasteiger partial charge in [0.1, 0.15) is 17.7 Å². The Balaban J connectivity index is 2.21. The van der Waals surface area contributed by atoms with E-state index in [0.29, 0.717) is 12.0 Å². The molecule has 2 atom stereocenters. The van der Waals surface area contributed by atoms with E-state index < -0.39 is 27.9 Å². The van der Waals surface area contributed by atoms with Crippen LogP contribution < -0.4 is 4.74 Å². The van der Waals surface area contributed by atoms with E-state index in [1.165, 1.54) is 18.2 Å². The topological polar surface area (TPSA) is 63.6 Å². The maximum Gasteiger partial charge on any atom is 0.154 e. The van der Waals surface area contributed by atoms with Crippen LogP contribution >= 0.6 is 0 Å². The largest absolute Gasteiger partial charge is 0.489 e. The van der Waals surface area contributed by atoms with E-state index in [1.807, 2.05) is 0 Å². The Morgan fingerprint density at radius 3 is 2.78 bits per heavy atom. The Morgan fingerprint density at radius 1 is 1.50 bits per heavy atom. The molecule has 1 aromatic carbocycles. The number of rotatable bonds is 3.